The highest BCUT2D eigenvalue weighted by Gasteiger charge is 2.15. The van der Waals surface area contributed by atoms with Crippen LogP contribution in [0.5, 0.6) is 0 Å². The van der Waals surface area contributed by atoms with E-state index in [1.54, 1.807) is 12.1 Å². The average molecular weight is 246 g/mol. The fourth-order valence-corrected chi connectivity index (χ4v) is 2.45. The molecule has 1 aromatic carbocycles. The summed E-state index contributed by atoms with van der Waals surface area (Å²) in [5.41, 5.74) is 3.94. The Balaban J connectivity index is 2.23. The first-order valence-electron chi connectivity index (χ1n) is 6.26. The van der Waals surface area contributed by atoms with Crippen LogP contribution in [0.3, 0.4) is 0 Å². The van der Waals surface area contributed by atoms with Crippen molar-refractivity contribution in [2.24, 2.45) is 0 Å². The van der Waals surface area contributed by atoms with Gasteiger partial charge < -0.3 is 4.90 Å². The van der Waals surface area contributed by atoms with Crippen molar-refractivity contribution in [3.8, 4) is 0 Å². The number of non-ortho nitro benzene ring substituents is 1. The molecule has 1 aromatic rings. The van der Waals surface area contributed by atoms with Crippen LogP contribution >= 0.6 is 0 Å². The second-order valence-electron chi connectivity index (χ2n) is 4.77. The van der Waals surface area contributed by atoms with Gasteiger partial charge in [0.05, 0.1) is 4.92 Å². The van der Waals surface area contributed by atoms with Gasteiger partial charge >= 0.3 is 0 Å². The van der Waals surface area contributed by atoms with Crippen LogP contribution in [-0.4, -0.2) is 12.0 Å². The minimum Gasteiger partial charge on any atom is -0.348 e. The first kappa shape index (κ1) is 12.6. The predicted molar refractivity (Wildman–Crippen MR) is 72.7 cm³/mol. The Hall–Kier alpha value is -1.84. The van der Waals surface area contributed by atoms with E-state index in [9.17, 15) is 10.1 Å². The molecule has 0 saturated carbocycles. The summed E-state index contributed by atoms with van der Waals surface area (Å²) >= 11 is 0. The van der Waals surface area contributed by atoms with Gasteiger partial charge in [-0.1, -0.05) is 5.57 Å². The Morgan fingerprint density at radius 2 is 1.78 bits per heavy atom. The van der Waals surface area contributed by atoms with Gasteiger partial charge in [-0.3, -0.25) is 10.1 Å². The minimum absolute atomic E-state index is 0.140. The molecule has 0 heterocycles. The standard InChI is InChI=1S/C14H18N2O2/c1-11-5-3-4-6-14(11)15(2)12-7-9-13(10-8-12)16(17)18/h7-10H,3-6H2,1-2H3. The summed E-state index contributed by atoms with van der Waals surface area (Å²) in [6, 6.07) is 6.75. The van der Waals surface area contributed by atoms with Crippen molar-refractivity contribution >= 4 is 11.4 Å². The maximum Gasteiger partial charge on any atom is 0.269 e. The fraction of sp³-hybridized carbons (Fsp3) is 0.429. The minimum atomic E-state index is -0.366. The van der Waals surface area contributed by atoms with Crippen LogP contribution in [0.15, 0.2) is 35.5 Å². The molecule has 0 N–H and O–H groups in total. The molecule has 0 bridgehead atoms. The van der Waals surface area contributed by atoms with Gasteiger partial charge in [-0.15, -0.1) is 0 Å². The first-order chi connectivity index (χ1) is 8.59. The molecule has 0 unspecified atom stereocenters. The molecule has 0 amide bonds. The van der Waals surface area contributed by atoms with Crippen molar-refractivity contribution in [2.45, 2.75) is 32.6 Å². The maximum absolute atomic E-state index is 10.6. The lowest BCUT2D eigenvalue weighted by Gasteiger charge is -2.28. The average Bonchev–Trinajstić information content (AvgIpc) is 2.38. The zero-order valence-electron chi connectivity index (χ0n) is 10.8. The topological polar surface area (TPSA) is 46.4 Å². The molecule has 0 aromatic heterocycles. The summed E-state index contributed by atoms with van der Waals surface area (Å²) in [6.45, 7) is 2.18. The Bertz CT molecular complexity index is 477. The Kier molecular flexibility index (Phi) is 3.65. The molecule has 0 saturated heterocycles. The maximum atomic E-state index is 10.6. The molecule has 1 aliphatic rings. The summed E-state index contributed by atoms with van der Waals surface area (Å²) < 4.78 is 0. The molecule has 2 rings (SSSR count). The number of nitrogens with zero attached hydrogens (tertiary/aromatic N) is 2. The molecule has 0 fully saturated rings. The number of anilines is 1. The van der Waals surface area contributed by atoms with E-state index in [-0.39, 0.29) is 10.6 Å². The van der Waals surface area contributed by atoms with Gasteiger partial charge in [-0.2, -0.15) is 0 Å². The number of nitro groups is 1. The van der Waals surface area contributed by atoms with E-state index in [2.05, 4.69) is 11.8 Å². The number of benzene rings is 1. The third-order valence-corrected chi connectivity index (χ3v) is 3.56. The molecule has 96 valence electrons. The van der Waals surface area contributed by atoms with Crippen molar-refractivity contribution in [1.82, 2.24) is 0 Å². The van der Waals surface area contributed by atoms with Crippen LogP contribution in [0.25, 0.3) is 0 Å². The zero-order chi connectivity index (χ0) is 13.1. The number of hydrogen-bond donors (Lipinski definition) is 0. The lowest BCUT2D eigenvalue weighted by molar-refractivity contribution is -0.384. The van der Waals surface area contributed by atoms with E-state index in [1.165, 1.54) is 24.1 Å². The highest BCUT2D eigenvalue weighted by atomic mass is 16.6. The van der Waals surface area contributed by atoms with Crippen LogP contribution < -0.4 is 4.90 Å². The summed E-state index contributed by atoms with van der Waals surface area (Å²) in [7, 11) is 2.03. The second kappa shape index (κ2) is 5.21. The molecule has 0 atom stereocenters. The van der Waals surface area contributed by atoms with E-state index in [1.807, 2.05) is 19.2 Å². The van der Waals surface area contributed by atoms with Crippen molar-refractivity contribution in [3.63, 3.8) is 0 Å². The van der Waals surface area contributed by atoms with Crippen LogP contribution in [0.1, 0.15) is 32.6 Å². The van der Waals surface area contributed by atoms with Gasteiger partial charge in [0, 0.05) is 30.6 Å². The summed E-state index contributed by atoms with van der Waals surface area (Å²) in [6.07, 6.45) is 4.75. The Labute approximate surface area is 107 Å². The number of rotatable bonds is 3. The number of nitro benzene ring substituents is 1. The summed E-state index contributed by atoms with van der Waals surface area (Å²) in [4.78, 5) is 12.4. The van der Waals surface area contributed by atoms with Crippen LogP contribution in [0.2, 0.25) is 0 Å². The lowest BCUT2D eigenvalue weighted by Crippen LogP contribution is -2.19. The largest absolute Gasteiger partial charge is 0.348 e. The molecule has 0 aliphatic heterocycles. The normalized spacial score (nSPS) is 15.7. The van der Waals surface area contributed by atoms with E-state index in [4.69, 9.17) is 0 Å². The van der Waals surface area contributed by atoms with Gasteiger partial charge in [0.25, 0.3) is 5.69 Å². The van der Waals surface area contributed by atoms with Crippen LogP contribution in [0, 0.1) is 10.1 Å². The van der Waals surface area contributed by atoms with Gasteiger partial charge in [0.2, 0.25) is 0 Å². The van der Waals surface area contributed by atoms with Crippen molar-refractivity contribution < 1.29 is 4.92 Å². The van der Waals surface area contributed by atoms with Gasteiger partial charge in [0.15, 0.2) is 0 Å². The smallest absolute Gasteiger partial charge is 0.269 e. The van der Waals surface area contributed by atoms with E-state index >= 15 is 0 Å². The lowest BCUT2D eigenvalue weighted by atomic mass is 9.96. The van der Waals surface area contributed by atoms with E-state index in [0.717, 1.165) is 18.5 Å². The van der Waals surface area contributed by atoms with Gasteiger partial charge in [-0.25, -0.2) is 0 Å². The van der Waals surface area contributed by atoms with Crippen LogP contribution in [0.4, 0.5) is 11.4 Å². The highest BCUT2D eigenvalue weighted by Crippen LogP contribution is 2.30. The second-order valence-corrected chi connectivity index (χ2v) is 4.77. The van der Waals surface area contributed by atoms with Crippen molar-refractivity contribution in [3.05, 3.63) is 45.6 Å². The molecule has 4 nitrogen and oxygen atoms in total. The monoisotopic (exact) mass is 246 g/mol. The fourth-order valence-electron chi connectivity index (χ4n) is 2.45. The zero-order valence-corrected chi connectivity index (χ0v) is 10.8. The first-order valence-corrected chi connectivity index (χ1v) is 6.26. The summed E-state index contributed by atoms with van der Waals surface area (Å²) in [5.74, 6) is 0. The third-order valence-electron chi connectivity index (χ3n) is 3.56. The highest BCUT2D eigenvalue weighted by molar-refractivity contribution is 5.55. The Morgan fingerprint density at radius 1 is 1.17 bits per heavy atom. The number of allylic oxidation sites excluding steroid dienone is 2. The molecule has 1 aliphatic carbocycles. The molecular formula is C14H18N2O2. The third kappa shape index (κ3) is 2.53. The summed E-state index contributed by atoms with van der Waals surface area (Å²) in [5, 5.41) is 10.6. The quantitative estimate of drug-likeness (QED) is 0.600. The van der Waals surface area contributed by atoms with Crippen LogP contribution in [-0.2, 0) is 0 Å². The van der Waals surface area contributed by atoms with Crippen molar-refractivity contribution in [2.75, 3.05) is 11.9 Å². The Morgan fingerprint density at radius 3 is 2.33 bits per heavy atom. The molecule has 4 heteroatoms. The molecular weight excluding hydrogens is 228 g/mol. The predicted octanol–water partition coefficient (Wildman–Crippen LogP) is 3.88. The molecule has 18 heavy (non-hydrogen) atoms. The molecule has 0 spiro atoms. The molecule has 0 radical (unpaired) electrons. The SMILES string of the molecule is CC1=C(N(C)c2ccc([N+](=O)[O-])cc2)CCCC1. The van der Waals surface area contributed by atoms with E-state index in [0.29, 0.717) is 0 Å². The van der Waals surface area contributed by atoms with Gasteiger partial charge in [-0.05, 0) is 44.7 Å². The van der Waals surface area contributed by atoms with Crippen molar-refractivity contribution in [1.29, 1.82) is 0 Å². The number of hydrogen-bond acceptors (Lipinski definition) is 3. The van der Waals surface area contributed by atoms with E-state index < -0.39 is 0 Å². The van der Waals surface area contributed by atoms with Gasteiger partial charge in [0.1, 0.15) is 0 Å².